The standard InChI is InChI=1S/C8H17O2/c1-4-6-10-8(3)7-9-5-2/h8H,1,4-7H2,2-3H3. The quantitative estimate of drug-likeness (QED) is 0.566. The molecule has 2 nitrogen and oxygen atoms in total. The van der Waals surface area contributed by atoms with Crippen molar-refractivity contribution in [3.05, 3.63) is 6.92 Å². The molecule has 0 saturated heterocycles. The molecule has 0 amide bonds. The van der Waals surface area contributed by atoms with Crippen LogP contribution in [0.15, 0.2) is 0 Å². The second kappa shape index (κ2) is 7.03. The van der Waals surface area contributed by atoms with Gasteiger partial charge in [-0.2, -0.15) is 0 Å². The molecule has 0 heterocycles. The van der Waals surface area contributed by atoms with Crippen molar-refractivity contribution in [3.8, 4) is 0 Å². The maximum Gasteiger partial charge on any atom is 0.0780 e. The Kier molecular flexibility index (Phi) is 6.98. The van der Waals surface area contributed by atoms with Gasteiger partial charge in [-0.15, -0.1) is 0 Å². The average molecular weight is 145 g/mol. The summed E-state index contributed by atoms with van der Waals surface area (Å²) in [4.78, 5) is 0. The van der Waals surface area contributed by atoms with Gasteiger partial charge in [-0.05, 0) is 20.3 Å². The fourth-order valence-corrected chi connectivity index (χ4v) is 0.616. The van der Waals surface area contributed by atoms with Crippen molar-refractivity contribution in [2.45, 2.75) is 26.4 Å². The Balaban J connectivity index is 3.00. The largest absolute Gasteiger partial charge is 0.379 e. The van der Waals surface area contributed by atoms with Crippen molar-refractivity contribution in [2.75, 3.05) is 19.8 Å². The smallest absolute Gasteiger partial charge is 0.0780 e. The van der Waals surface area contributed by atoms with Crippen molar-refractivity contribution in [2.24, 2.45) is 0 Å². The molecule has 0 rings (SSSR count). The Morgan fingerprint density at radius 1 is 1.50 bits per heavy atom. The summed E-state index contributed by atoms with van der Waals surface area (Å²) in [5, 5.41) is 0. The molecule has 1 atom stereocenters. The molecule has 1 unspecified atom stereocenters. The van der Waals surface area contributed by atoms with Crippen molar-refractivity contribution in [1.82, 2.24) is 0 Å². The maximum absolute atomic E-state index is 5.31. The summed E-state index contributed by atoms with van der Waals surface area (Å²) in [7, 11) is 0. The Morgan fingerprint density at radius 2 is 2.20 bits per heavy atom. The summed E-state index contributed by atoms with van der Waals surface area (Å²) in [6.07, 6.45) is 1.04. The van der Waals surface area contributed by atoms with Crippen LogP contribution in [0.25, 0.3) is 0 Å². The molecule has 1 radical (unpaired) electrons. The second-order valence-electron chi connectivity index (χ2n) is 2.19. The van der Waals surface area contributed by atoms with Gasteiger partial charge in [0.1, 0.15) is 0 Å². The molecule has 61 valence electrons. The van der Waals surface area contributed by atoms with E-state index in [2.05, 4.69) is 6.92 Å². The normalized spacial score (nSPS) is 13.5. The Bertz CT molecular complexity index is 56.3. The molecular formula is C8H17O2. The van der Waals surface area contributed by atoms with Crippen LogP contribution in [0.5, 0.6) is 0 Å². The lowest BCUT2D eigenvalue weighted by Crippen LogP contribution is -2.16. The Morgan fingerprint density at radius 3 is 2.70 bits per heavy atom. The minimum Gasteiger partial charge on any atom is -0.379 e. The van der Waals surface area contributed by atoms with Gasteiger partial charge in [0, 0.05) is 13.2 Å². The monoisotopic (exact) mass is 145 g/mol. The number of hydrogen-bond donors (Lipinski definition) is 0. The molecule has 0 aromatic rings. The van der Waals surface area contributed by atoms with Crippen LogP contribution in [0.1, 0.15) is 20.3 Å². The molecule has 0 N–H and O–H groups in total. The highest BCUT2D eigenvalue weighted by Gasteiger charge is 1.98. The third kappa shape index (κ3) is 6.05. The summed E-state index contributed by atoms with van der Waals surface area (Å²) in [6, 6.07) is 0. The number of hydrogen-bond acceptors (Lipinski definition) is 2. The van der Waals surface area contributed by atoms with E-state index in [4.69, 9.17) is 9.47 Å². The lowest BCUT2D eigenvalue weighted by Gasteiger charge is -2.11. The number of ether oxygens (including phenoxy) is 2. The van der Waals surface area contributed by atoms with Gasteiger partial charge in [0.15, 0.2) is 0 Å². The molecule has 0 aliphatic carbocycles. The molecule has 0 aliphatic heterocycles. The zero-order valence-corrected chi connectivity index (χ0v) is 6.93. The van der Waals surface area contributed by atoms with E-state index in [-0.39, 0.29) is 6.10 Å². The first-order valence-corrected chi connectivity index (χ1v) is 3.79. The Hall–Kier alpha value is -0.0800. The van der Waals surface area contributed by atoms with Gasteiger partial charge in [0.25, 0.3) is 0 Å². The van der Waals surface area contributed by atoms with Gasteiger partial charge < -0.3 is 9.47 Å². The highest BCUT2D eigenvalue weighted by molar-refractivity contribution is 4.47. The van der Waals surface area contributed by atoms with E-state index in [1.807, 2.05) is 13.8 Å². The van der Waals surface area contributed by atoms with Gasteiger partial charge >= 0.3 is 0 Å². The Labute approximate surface area is 63.5 Å². The molecule has 0 saturated carbocycles. The van der Waals surface area contributed by atoms with Crippen LogP contribution in [0.2, 0.25) is 0 Å². The molecule has 0 fully saturated rings. The highest BCUT2D eigenvalue weighted by atomic mass is 16.5. The van der Waals surface area contributed by atoms with Gasteiger partial charge in [-0.1, -0.05) is 6.92 Å². The van der Waals surface area contributed by atoms with Gasteiger partial charge in [-0.3, -0.25) is 0 Å². The van der Waals surface area contributed by atoms with E-state index in [0.717, 1.165) is 19.6 Å². The third-order valence-electron chi connectivity index (χ3n) is 1.10. The van der Waals surface area contributed by atoms with Crippen molar-refractivity contribution in [3.63, 3.8) is 0 Å². The first-order valence-electron chi connectivity index (χ1n) is 3.79. The van der Waals surface area contributed by atoms with Crippen LogP contribution in [0.4, 0.5) is 0 Å². The van der Waals surface area contributed by atoms with Gasteiger partial charge in [0.05, 0.1) is 12.7 Å². The van der Waals surface area contributed by atoms with Crippen LogP contribution in [0, 0.1) is 6.92 Å². The molecule has 10 heavy (non-hydrogen) atoms. The summed E-state index contributed by atoms with van der Waals surface area (Å²) in [5.74, 6) is 0. The minimum absolute atomic E-state index is 0.210. The SMILES string of the molecule is [CH2]CCOC(C)COCC. The fraction of sp³-hybridized carbons (Fsp3) is 0.875. The van der Waals surface area contributed by atoms with E-state index in [1.54, 1.807) is 0 Å². The highest BCUT2D eigenvalue weighted by Crippen LogP contribution is 1.92. The minimum atomic E-state index is 0.210. The fourth-order valence-electron chi connectivity index (χ4n) is 0.616. The van der Waals surface area contributed by atoms with Gasteiger partial charge in [0.2, 0.25) is 0 Å². The van der Waals surface area contributed by atoms with Crippen LogP contribution in [-0.2, 0) is 9.47 Å². The summed E-state index contributed by atoms with van der Waals surface area (Å²) in [5.41, 5.74) is 0. The molecule has 0 spiro atoms. The molecule has 2 heteroatoms. The molecule has 0 aromatic heterocycles. The van der Waals surface area contributed by atoms with Crippen LogP contribution in [-0.4, -0.2) is 25.9 Å². The lowest BCUT2D eigenvalue weighted by molar-refractivity contribution is -0.00158. The first kappa shape index (κ1) is 9.92. The van der Waals surface area contributed by atoms with Crippen molar-refractivity contribution < 1.29 is 9.47 Å². The van der Waals surface area contributed by atoms with Crippen molar-refractivity contribution in [1.29, 1.82) is 0 Å². The topological polar surface area (TPSA) is 18.5 Å². The van der Waals surface area contributed by atoms with E-state index >= 15 is 0 Å². The molecule has 0 aromatic carbocycles. The van der Waals surface area contributed by atoms with E-state index < -0.39 is 0 Å². The molecular weight excluding hydrogens is 128 g/mol. The van der Waals surface area contributed by atoms with E-state index in [0.29, 0.717) is 6.61 Å². The predicted molar refractivity (Wildman–Crippen MR) is 41.9 cm³/mol. The first-order chi connectivity index (χ1) is 4.81. The zero-order valence-electron chi connectivity index (χ0n) is 6.93. The summed E-state index contributed by atoms with van der Waals surface area (Å²) in [6.45, 7) is 9.84. The second-order valence-corrected chi connectivity index (χ2v) is 2.19. The molecule has 0 bridgehead atoms. The summed E-state index contributed by atoms with van der Waals surface area (Å²) >= 11 is 0. The molecule has 0 aliphatic rings. The summed E-state index contributed by atoms with van der Waals surface area (Å²) < 4.78 is 10.5. The van der Waals surface area contributed by atoms with Gasteiger partial charge in [-0.25, -0.2) is 0 Å². The van der Waals surface area contributed by atoms with Crippen LogP contribution < -0.4 is 0 Å². The van der Waals surface area contributed by atoms with E-state index in [1.165, 1.54) is 0 Å². The van der Waals surface area contributed by atoms with Crippen molar-refractivity contribution >= 4 is 0 Å². The zero-order chi connectivity index (χ0) is 7.82. The third-order valence-corrected chi connectivity index (χ3v) is 1.10. The lowest BCUT2D eigenvalue weighted by atomic mass is 10.4. The maximum atomic E-state index is 5.31. The average Bonchev–Trinajstić information content (AvgIpc) is 1.97. The van der Waals surface area contributed by atoms with Crippen LogP contribution in [0.3, 0.4) is 0 Å². The predicted octanol–water partition coefficient (Wildman–Crippen LogP) is 1.65. The van der Waals surface area contributed by atoms with Crippen LogP contribution >= 0.6 is 0 Å². The van der Waals surface area contributed by atoms with E-state index in [9.17, 15) is 0 Å². The number of rotatable bonds is 6.